The Morgan fingerprint density at radius 2 is 2.11 bits per heavy atom. The summed E-state index contributed by atoms with van der Waals surface area (Å²) >= 11 is 0. The lowest BCUT2D eigenvalue weighted by molar-refractivity contribution is -0.154. The summed E-state index contributed by atoms with van der Waals surface area (Å²) in [5.41, 5.74) is 0. The van der Waals surface area contributed by atoms with Crippen LogP contribution in [0.15, 0.2) is 0 Å². The highest BCUT2D eigenvalue weighted by Gasteiger charge is 2.16. The van der Waals surface area contributed by atoms with Crippen LogP contribution >= 0.6 is 0 Å². The first-order valence-electron chi connectivity index (χ1n) is 1.81. The predicted molar refractivity (Wildman–Crippen MR) is 24.3 cm³/mol. The van der Waals surface area contributed by atoms with Crippen molar-refractivity contribution >= 4 is 11.9 Å². The molecule has 0 fully saturated rings. The highest BCUT2D eigenvalue weighted by atomic mass is 16.4. The van der Waals surface area contributed by atoms with Crippen LogP contribution < -0.4 is 5.84 Å². The number of carboxylic acid groups (broad SMARTS) is 1. The minimum absolute atomic E-state index is 0.0671. The quantitative estimate of drug-likeness (QED) is 0.101. The molecule has 0 aromatic rings. The van der Waals surface area contributed by atoms with Crippen molar-refractivity contribution in [1.82, 2.24) is 5.01 Å². The maximum atomic E-state index is 10.1. The molecule has 0 radical (unpaired) electrons. The van der Waals surface area contributed by atoms with Crippen LogP contribution in [0.5, 0.6) is 0 Å². The van der Waals surface area contributed by atoms with Gasteiger partial charge in [-0.15, -0.1) is 0 Å². The number of carbonyl (C=O) groups is 2. The number of nitriles is 1. The zero-order chi connectivity index (χ0) is 7.44. The van der Waals surface area contributed by atoms with Crippen LogP contribution in [0, 0.1) is 11.5 Å². The standard InChI is InChI=1S/C3H3N3O3/c4-1-6(5)2(7)3(8)9/h5H2,(H,8,9). The van der Waals surface area contributed by atoms with Crippen LogP contribution in [0.25, 0.3) is 0 Å². The molecule has 0 unspecified atom stereocenters. The van der Waals surface area contributed by atoms with Gasteiger partial charge in [0.15, 0.2) is 0 Å². The summed E-state index contributed by atoms with van der Waals surface area (Å²) < 4.78 is 0. The van der Waals surface area contributed by atoms with Crippen molar-refractivity contribution < 1.29 is 14.7 Å². The van der Waals surface area contributed by atoms with Gasteiger partial charge < -0.3 is 5.11 Å². The summed E-state index contributed by atoms with van der Waals surface area (Å²) in [6, 6.07) is 0. The Bertz CT molecular complexity index is 181. The fourth-order valence-electron chi connectivity index (χ4n) is 0.148. The van der Waals surface area contributed by atoms with Crippen molar-refractivity contribution in [2.24, 2.45) is 5.84 Å². The second-order valence-electron chi connectivity index (χ2n) is 1.08. The van der Waals surface area contributed by atoms with Crippen molar-refractivity contribution in [1.29, 1.82) is 5.26 Å². The number of rotatable bonds is 0. The van der Waals surface area contributed by atoms with Crippen molar-refractivity contribution in [2.75, 3.05) is 0 Å². The number of carboxylic acids is 1. The zero-order valence-electron chi connectivity index (χ0n) is 4.24. The Kier molecular flexibility index (Phi) is 2.17. The largest absolute Gasteiger partial charge is 0.474 e. The molecule has 0 aliphatic heterocycles. The summed E-state index contributed by atoms with van der Waals surface area (Å²) in [5, 5.41) is 15.6. The molecule has 0 bridgehead atoms. The first-order valence-corrected chi connectivity index (χ1v) is 1.81. The van der Waals surface area contributed by atoms with Gasteiger partial charge in [-0.25, -0.2) is 10.6 Å². The third-order valence-corrected chi connectivity index (χ3v) is 0.509. The second kappa shape index (κ2) is 2.64. The molecule has 6 heteroatoms. The lowest BCUT2D eigenvalue weighted by atomic mass is 10.6. The van der Waals surface area contributed by atoms with Crippen LogP contribution in [0.3, 0.4) is 0 Å². The first kappa shape index (κ1) is 7.39. The summed E-state index contributed by atoms with van der Waals surface area (Å²) in [6.45, 7) is 0. The molecule has 0 aromatic carbocycles. The van der Waals surface area contributed by atoms with Gasteiger partial charge in [0.05, 0.1) is 0 Å². The van der Waals surface area contributed by atoms with E-state index in [1.807, 2.05) is 0 Å². The Balaban J connectivity index is 4.09. The molecule has 6 nitrogen and oxygen atoms in total. The Labute approximate surface area is 50.0 Å². The van der Waals surface area contributed by atoms with E-state index < -0.39 is 11.9 Å². The fourth-order valence-corrected chi connectivity index (χ4v) is 0.148. The topological polar surface area (TPSA) is 107 Å². The average Bonchev–Trinajstić information content (AvgIpc) is 1.84. The van der Waals surface area contributed by atoms with Crippen molar-refractivity contribution in [3.8, 4) is 6.19 Å². The lowest BCUT2D eigenvalue weighted by Gasteiger charge is -1.98. The molecule has 0 atom stereocenters. The molecule has 3 N–H and O–H groups in total. The third-order valence-electron chi connectivity index (χ3n) is 0.509. The molecule has 0 heterocycles. The molecular formula is C3H3N3O3. The normalized spacial score (nSPS) is 7.56. The van der Waals surface area contributed by atoms with Crippen LogP contribution in [-0.2, 0) is 9.59 Å². The molecule has 0 saturated heterocycles. The van der Waals surface area contributed by atoms with Gasteiger partial charge in [0.25, 0.3) is 0 Å². The van der Waals surface area contributed by atoms with E-state index in [2.05, 4.69) is 5.84 Å². The second-order valence-corrected chi connectivity index (χ2v) is 1.08. The van der Waals surface area contributed by atoms with E-state index in [0.29, 0.717) is 0 Å². The van der Waals surface area contributed by atoms with Crippen LogP contribution in [0.4, 0.5) is 0 Å². The molecule has 0 aliphatic carbocycles. The molecule has 0 saturated carbocycles. The number of nitrogens with two attached hydrogens (primary N) is 1. The van der Waals surface area contributed by atoms with Gasteiger partial charge in [-0.1, -0.05) is 0 Å². The summed E-state index contributed by atoms with van der Waals surface area (Å²) in [6.07, 6.45) is 1.13. The Morgan fingerprint density at radius 1 is 1.67 bits per heavy atom. The highest BCUT2D eigenvalue weighted by molar-refractivity contribution is 6.31. The Hall–Kier alpha value is -1.61. The minimum Gasteiger partial charge on any atom is -0.474 e. The summed E-state index contributed by atoms with van der Waals surface area (Å²) in [5.74, 6) is 1.36. The SMILES string of the molecule is N#CN(N)C(=O)C(=O)O. The van der Waals surface area contributed by atoms with Crippen LogP contribution in [0.1, 0.15) is 0 Å². The lowest BCUT2D eigenvalue weighted by Crippen LogP contribution is -2.37. The van der Waals surface area contributed by atoms with E-state index in [1.165, 1.54) is 0 Å². The molecular weight excluding hydrogens is 126 g/mol. The minimum atomic E-state index is -1.75. The summed E-state index contributed by atoms with van der Waals surface area (Å²) in [7, 11) is 0. The maximum absolute atomic E-state index is 10.1. The monoisotopic (exact) mass is 129 g/mol. The van der Waals surface area contributed by atoms with Gasteiger partial charge in [0, 0.05) is 0 Å². The first-order chi connectivity index (χ1) is 4.09. The van der Waals surface area contributed by atoms with Gasteiger partial charge in [-0.2, -0.15) is 10.3 Å². The van der Waals surface area contributed by atoms with Crippen LogP contribution in [-0.4, -0.2) is 22.0 Å². The van der Waals surface area contributed by atoms with E-state index in [1.54, 1.807) is 0 Å². The van der Waals surface area contributed by atoms with E-state index in [0.717, 1.165) is 6.19 Å². The van der Waals surface area contributed by atoms with Crippen molar-refractivity contribution in [3.05, 3.63) is 0 Å². The average molecular weight is 129 g/mol. The zero-order valence-corrected chi connectivity index (χ0v) is 4.24. The fraction of sp³-hybridized carbons (Fsp3) is 0. The number of carbonyl (C=O) groups excluding carboxylic acids is 1. The number of amides is 1. The maximum Gasteiger partial charge on any atom is 0.397 e. The van der Waals surface area contributed by atoms with Gasteiger partial charge in [-0.05, 0) is 0 Å². The number of hydrogen-bond donors (Lipinski definition) is 2. The van der Waals surface area contributed by atoms with Gasteiger partial charge in [0.2, 0.25) is 6.19 Å². The van der Waals surface area contributed by atoms with E-state index in [-0.39, 0.29) is 5.01 Å². The van der Waals surface area contributed by atoms with E-state index >= 15 is 0 Å². The van der Waals surface area contributed by atoms with Crippen molar-refractivity contribution in [2.45, 2.75) is 0 Å². The number of nitrogens with zero attached hydrogens (tertiary/aromatic N) is 2. The van der Waals surface area contributed by atoms with E-state index in [9.17, 15) is 9.59 Å². The number of hydrogen-bond acceptors (Lipinski definition) is 4. The van der Waals surface area contributed by atoms with Crippen LogP contribution in [0.2, 0.25) is 0 Å². The number of hydrazine groups is 1. The number of aliphatic carboxylic acids is 1. The Morgan fingerprint density at radius 3 is 2.22 bits per heavy atom. The molecule has 9 heavy (non-hydrogen) atoms. The van der Waals surface area contributed by atoms with Gasteiger partial charge in [-0.3, -0.25) is 4.79 Å². The third kappa shape index (κ3) is 1.75. The smallest absolute Gasteiger partial charge is 0.397 e. The molecule has 0 rings (SSSR count). The molecule has 0 aliphatic rings. The summed E-state index contributed by atoms with van der Waals surface area (Å²) in [4.78, 5) is 19.7. The van der Waals surface area contributed by atoms with E-state index in [4.69, 9.17) is 10.4 Å². The predicted octanol–water partition coefficient (Wildman–Crippen LogP) is -1.75. The van der Waals surface area contributed by atoms with Gasteiger partial charge >= 0.3 is 11.9 Å². The van der Waals surface area contributed by atoms with Crippen molar-refractivity contribution in [3.63, 3.8) is 0 Å². The molecule has 48 valence electrons. The highest BCUT2D eigenvalue weighted by Crippen LogP contribution is 1.74. The molecule has 0 spiro atoms. The van der Waals surface area contributed by atoms with Gasteiger partial charge in [0.1, 0.15) is 0 Å². The molecule has 0 aromatic heterocycles. The molecule has 1 amide bonds.